The Kier molecular flexibility index (Phi) is 8.57. The maximum Gasteiger partial charge on any atom is 0.303 e. The number of aromatic nitrogens is 4. The molecule has 158 valence electrons. The third-order valence-electron chi connectivity index (χ3n) is 4.54. The molecule has 1 aromatic carbocycles. The summed E-state index contributed by atoms with van der Waals surface area (Å²) in [7, 11) is 0. The van der Waals surface area contributed by atoms with Crippen molar-refractivity contribution >= 4 is 11.8 Å². The van der Waals surface area contributed by atoms with E-state index >= 15 is 0 Å². The number of carboxylic acid groups (broad SMARTS) is 1. The van der Waals surface area contributed by atoms with E-state index in [0.717, 1.165) is 25.1 Å². The number of aliphatic carboxylic acids is 1. The summed E-state index contributed by atoms with van der Waals surface area (Å²) in [5, 5.41) is 30.6. The van der Waals surface area contributed by atoms with Gasteiger partial charge in [0.1, 0.15) is 11.5 Å². The minimum Gasteiger partial charge on any atom is -0.507 e. The molecule has 0 fully saturated rings. The molecule has 2 N–H and O–H groups in total. The van der Waals surface area contributed by atoms with Gasteiger partial charge in [0.05, 0.1) is 12.2 Å². The Hall–Kier alpha value is -2.97. The standard InChI is InChI=1S/C20H28N4O5/c1-3-7-16-17(11-10-15(14(2)25)20(16)28)29-13-5-4-8-18-21-22-23-24(18)12-6-9-19(26)27/h10-11,28H,3-9,12-13H2,1-2H3,(H,26,27). The van der Waals surface area contributed by atoms with Crippen LogP contribution in [0.5, 0.6) is 11.5 Å². The predicted octanol–water partition coefficient (Wildman–Crippen LogP) is 2.80. The number of phenolic OH excluding ortho intramolecular Hbond substituents is 1. The first-order valence-electron chi connectivity index (χ1n) is 9.89. The Labute approximate surface area is 169 Å². The number of ketones is 1. The minimum atomic E-state index is -0.832. The molecule has 0 spiro atoms. The number of carboxylic acids is 1. The summed E-state index contributed by atoms with van der Waals surface area (Å²) in [5.41, 5.74) is 0.984. The summed E-state index contributed by atoms with van der Waals surface area (Å²) in [6.45, 7) is 4.38. The number of tetrazole rings is 1. The number of nitrogens with zero attached hydrogens (tertiary/aromatic N) is 4. The van der Waals surface area contributed by atoms with Crippen LogP contribution in [0.3, 0.4) is 0 Å². The maximum absolute atomic E-state index is 11.6. The molecule has 29 heavy (non-hydrogen) atoms. The highest BCUT2D eigenvalue weighted by Gasteiger charge is 2.16. The number of hydrogen-bond donors (Lipinski definition) is 2. The van der Waals surface area contributed by atoms with Crippen molar-refractivity contribution in [2.45, 2.75) is 65.3 Å². The molecular weight excluding hydrogens is 376 g/mol. The van der Waals surface area contributed by atoms with Gasteiger partial charge in [0, 0.05) is 24.9 Å². The van der Waals surface area contributed by atoms with E-state index in [0.29, 0.717) is 49.3 Å². The molecule has 9 heteroatoms. The van der Waals surface area contributed by atoms with Crippen LogP contribution >= 0.6 is 0 Å². The van der Waals surface area contributed by atoms with Crippen molar-refractivity contribution in [2.24, 2.45) is 0 Å². The number of unbranched alkanes of at least 4 members (excludes halogenated alkanes) is 1. The number of carbonyl (C=O) groups excluding carboxylic acids is 1. The van der Waals surface area contributed by atoms with Gasteiger partial charge < -0.3 is 14.9 Å². The average Bonchev–Trinajstić information content (AvgIpc) is 3.10. The number of rotatable bonds is 13. The van der Waals surface area contributed by atoms with E-state index in [1.54, 1.807) is 16.8 Å². The molecule has 1 heterocycles. The van der Waals surface area contributed by atoms with E-state index in [2.05, 4.69) is 15.5 Å². The van der Waals surface area contributed by atoms with Crippen molar-refractivity contribution in [2.75, 3.05) is 6.61 Å². The fourth-order valence-electron chi connectivity index (χ4n) is 3.05. The highest BCUT2D eigenvalue weighted by Crippen LogP contribution is 2.33. The van der Waals surface area contributed by atoms with E-state index in [9.17, 15) is 14.7 Å². The van der Waals surface area contributed by atoms with Gasteiger partial charge in [-0.2, -0.15) is 0 Å². The van der Waals surface area contributed by atoms with E-state index in [4.69, 9.17) is 9.84 Å². The molecule has 0 saturated carbocycles. The molecule has 0 unspecified atom stereocenters. The number of hydrogen-bond acceptors (Lipinski definition) is 7. The topological polar surface area (TPSA) is 127 Å². The van der Waals surface area contributed by atoms with Gasteiger partial charge >= 0.3 is 5.97 Å². The molecule has 0 atom stereocenters. The third kappa shape index (κ3) is 6.55. The first-order valence-corrected chi connectivity index (χ1v) is 9.89. The first-order chi connectivity index (χ1) is 13.9. The Balaban J connectivity index is 1.84. The largest absolute Gasteiger partial charge is 0.507 e. The number of aromatic hydroxyl groups is 1. The van der Waals surface area contributed by atoms with Crippen molar-refractivity contribution in [3.05, 3.63) is 29.1 Å². The van der Waals surface area contributed by atoms with Crippen molar-refractivity contribution in [3.63, 3.8) is 0 Å². The Morgan fingerprint density at radius 2 is 1.97 bits per heavy atom. The summed E-state index contributed by atoms with van der Waals surface area (Å²) in [6, 6.07) is 3.34. The minimum absolute atomic E-state index is 0.0115. The first kappa shape index (κ1) is 22.3. The second-order valence-corrected chi connectivity index (χ2v) is 6.87. The summed E-state index contributed by atoms with van der Waals surface area (Å²) < 4.78 is 7.49. The molecule has 9 nitrogen and oxygen atoms in total. The molecule has 0 aliphatic rings. The summed E-state index contributed by atoms with van der Waals surface area (Å²) in [5.74, 6) is 0.338. The van der Waals surface area contributed by atoms with Crippen molar-refractivity contribution < 1.29 is 24.5 Å². The Morgan fingerprint density at radius 3 is 2.66 bits per heavy atom. The lowest BCUT2D eigenvalue weighted by Crippen LogP contribution is -2.09. The zero-order valence-electron chi connectivity index (χ0n) is 16.9. The van der Waals surface area contributed by atoms with Gasteiger partial charge in [0.2, 0.25) is 0 Å². The molecule has 0 saturated heterocycles. The fourth-order valence-corrected chi connectivity index (χ4v) is 3.05. The number of phenols is 1. The fraction of sp³-hybridized carbons (Fsp3) is 0.550. The van der Waals surface area contributed by atoms with Gasteiger partial charge in [0.15, 0.2) is 11.6 Å². The number of carbonyl (C=O) groups is 2. The lowest BCUT2D eigenvalue weighted by molar-refractivity contribution is -0.137. The van der Waals surface area contributed by atoms with E-state index in [1.165, 1.54) is 6.92 Å². The molecule has 1 aromatic heterocycles. The quantitative estimate of drug-likeness (QED) is 0.385. The lowest BCUT2D eigenvalue weighted by Gasteiger charge is -2.14. The second kappa shape index (κ2) is 11.1. The zero-order chi connectivity index (χ0) is 21.2. The van der Waals surface area contributed by atoms with Crippen molar-refractivity contribution in [3.8, 4) is 11.5 Å². The van der Waals surface area contributed by atoms with Gasteiger partial charge in [0.25, 0.3) is 0 Å². The zero-order valence-corrected chi connectivity index (χ0v) is 16.9. The molecule has 0 amide bonds. The number of ether oxygens (including phenoxy) is 1. The van der Waals surface area contributed by atoms with E-state index in [-0.39, 0.29) is 18.0 Å². The highest BCUT2D eigenvalue weighted by atomic mass is 16.5. The van der Waals surface area contributed by atoms with Crippen LogP contribution in [0.2, 0.25) is 0 Å². The molecule has 0 aliphatic heterocycles. The SMILES string of the molecule is CCCc1c(OCCCCc2nnnn2CCCC(=O)O)ccc(C(C)=O)c1O. The Morgan fingerprint density at radius 1 is 1.17 bits per heavy atom. The van der Waals surface area contributed by atoms with Gasteiger partial charge in [-0.15, -0.1) is 5.10 Å². The predicted molar refractivity (Wildman–Crippen MR) is 105 cm³/mol. The number of benzene rings is 1. The molecule has 2 aromatic rings. The Bertz CT molecular complexity index is 834. The van der Waals surface area contributed by atoms with Gasteiger partial charge in [-0.3, -0.25) is 9.59 Å². The van der Waals surface area contributed by atoms with Crippen molar-refractivity contribution in [1.82, 2.24) is 20.2 Å². The van der Waals surface area contributed by atoms with E-state index in [1.807, 2.05) is 6.92 Å². The molecule has 0 bridgehead atoms. The molecule has 0 aliphatic carbocycles. The normalized spacial score (nSPS) is 10.8. The second-order valence-electron chi connectivity index (χ2n) is 6.87. The van der Waals surface area contributed by atoms with Crippen LogP contribution in [-0.2, 0) is 24.2 Å². The van der Waals surface area contributed by atoms with Gasteiger partial charge in [-0.1, -0.05) is 13.3 Å². The molecular formula is C20H28N4O5. The maximum atomic E-state index is 11.6. The van der Waals surface area contributed by atoms with Gasteiger partial charge in [-0.25, -0.2) is 4.68 Å². The van der Waals surface area contributed by atoms with Crippen LogP contribution in [0, 0.1) is 0 Å². The van der Waals surface area contributed by atoms with Crippen LogP contribution in [0.25, 0.3) is 0 Å². The van der Waals surface area contributed by atoms with Gasteiger partial charge in [-0.05, 0) is 55.2 Å². The lowest BCUT2D eigenvalue weighted by atomic mass is 10.0. The van der Waals surface area contributed by atoms with Crippen LogP contribution < -0.4 is 4.74 Å². The summed E-state index contributed by atoms with van der Waals surface area (Å²) in [4.78, 5) is 22.2. The van der Waals surface area contributed by atoms with E-state index < -0.39 is 5.97 Å². The van der Waals surface area contributed by atoms with Crippen LogP contribution in [-0.4, -0.2) is 48.8 Å². The highest BCUT2D eigenvalue weighted by molar-refractivity contribution is 5.97. The van der Waals surface area contributed by atoms with Crippen LogP contribution in [0.4, 0.5) is 0 Å². The average molecular weight is 404 g/mol. The number of Topliss-reactive ketones (excluding diaryl/α,β-unsaturated/α-hetero) is 1. The summed E-state index contributed by atoms with van der Waals surface area (Å²) in [6.07, 6.45) is 4.27. The van der Waals surface area contributed by atoms with Crippen molar-refractivity contribution in [1.29, 1.82) is 0 Å². The molecule has 0 radical (unpaired) electrons. The number of aryl methyl sites for hydroxylation is 2. The van der Waals surface area contributed by atoms with Crippen LogP contribution in [0.1, 0.15) is 67.7 Å². The monoisotopic (exact) mass is 404 g/mol. The molecule has 2 rings (SSSR count). The summed E-state index contributed by atoms with van der Waals surface area (Å²) >= 11 is 0. The third-order valence-corrected chi connectivity index (χ3v) is 4.54. The smallest absolute Gasteiger partial charge is 0.303 e. The van der Waals surface area contributed by atoms with Crippen LogP contribution in [0.15, 0.2) is 12.1 Å².